The number of carbonyl (C=O) groups excluding carboxylic acids is 1. The molecule has 132 valence electrons. The Labute approximate surface area is 143 Å². The Hall–Kier alpha value is -2.03. The summed E-state index contributed by atoms with van der Waals surface area (Å²) < 4.78 is 8.13. The Kier molecular flexibility index (Phi) is 5.53. The molecule has 0 unspecified atom stereocenters. The van der Waals surface area contributed by atoms with E-state index >= 15 is 0 Å². The minimum atomic E-state index is -0.519. The van der Waals surface area contributed by atoms with Gasteiger partial charge in [0, 0.05) is 13.1 Å². The van der Waals surface area contributed by atoms with E-state index in [1.54, 1.807) is 18.5 Å². The number of thioether (sulfide) groups is 1. The molecule has 24 heavy (non-hydrogen) atoms. The molecular weight excluding hydrogens is 332 g/mol. The average Bonchev–Trinajstić information content (AvgIpc) is 2.90. The highest BCUT2D eigenvalue weighted by Crippen LogP contribution is 2.30. The molecule has 0 aliphatic rings. The summed E-state index contributed by atoms with van der Waals surface area (Å²) in [5.41, 5.74) is -0.368. The van der Waals surface area contributed by atoms with Gasteiger partial charge in [0.2, 0.25) is 0 Å². The number of rotatable bonds is 6. The van der Waals surface area contributed by atoms with E-state index in [1.807, 2.05) is 20.8 Å². The van der Waals surface area contributed by atoms with Crippen LogP contribution in [0.1, 0.15) is 40.2 Å². The van der Waals surface area contributed by atoms with Gasteiger partial charge in [-0.25, -0.2) is 9.78 Å². The second-order valence-electron chi connectivity index (χ2n) is 5.62. The van der Waals surface area contributed by atoms with Crippen LogP contribution in [0.25, 0.3) is 11.2 Å². The number of ether oxygens (including phenoxy) is 1. The monoisotopic (exact) mass is 354 g/mol. The summed E-state index contributed by atoms with van der Waals surface area (Å²) in [6.07, 6.45) is 0.570. The molecule has 1 atom stereocenters. The molecule has 0 amide bonds. The van der Waals surface area contributed by atoms with Crippen molar-refractivity contribution in [3.05, 3.63) is 20.8 Å². The molecule has 0 saturated heterocycles. The highest BCUT2D eigenvalue weighted by Gasteiger charge is 2.25. The smallest absolute Gasteiger partial charge is 0.329 e. The SMILES string of the molecule is CCOC(=O)[C@H](CC)Sc1nc2c(c(=O)[nH]c(=O)n2C)n1C(C)C. The largest absolute Gasteiger partial charge is 0.465 e. The van der Waals surface area contributed by atoms with Crippen molar-refractivity contribution in [2.75, 3.05) is 6.61 Å². The molecule has 0 radical (unpaired) electrons. The minimum absolute atomic E-state index is 0.0594. The average molecular weight is 354 g/mol. The summed E-state index contributed by atoms with van der Waals surface area (Å²) in [5, 5.41) is 0.0991. The van der Waals surface area contributed by atoms with Crippen LogP contribution in [0, 0.1) is 0 Å². The summed E-state index contributed by atoms with van der Waals surface area (Å²) in [6, 6.07) is -0.0594. The fourth-order valence-corrected chi connectivity index (χ4v) is 3.54. The maximum atomic E-state index is 12.3. The van der Waals surface area contributed by atoms with E-state index in [0.717, 1.165) is 0 Å². The quantitative estimate of drug-likeness (QED) is 0.622. The van der Waals surface area contributed by atoms with Crippen molar-refractivity contribution in [2.24, 2.45) is 7.05 Å². The van der Waals surface area contributed by atoms with Crippen molar-refractivity contribution in [1.82, 2.24) is 19.1 Å². The lowest BCUT2D eigenvalue weighted by Gasteiger charge is -2.16. The van der Waals surface area contributed by atoms with E-state index < -0.39 is 16.5 Å². The lowest BCUT2D eigenvalue weighted by atomic mass is 10.3. The van der Waals surface area contributed by atoms with Gasteiger partial charge in [-0.05, 0) is 27.2 Å². The van der Waals surface area contributed by atoms with E-state index in [-0.39, 0.29) is 12.0 Å². The van der Waals surface area contributed by atoms with Gasteiger partial charge in [0.25, 0.3) is 5.56 Å². The molecule has 2 aromatic rings. The fraction of sp³-hybridized carbons (Fsp3) is 0.600. The number of hydrogen-bond acceptors (Lipinski definition) is 6. The highest BCUT2D eigenvalue weighted by atomic mass is 32.2. The van der Waals surface area contributed by atoms with Crippen molar-refractivity contribution < 1.29 is 9.53 Å². The summed E-state index contributed by atoms with van der Waals surface area (Å²) in [6.45, 7) is 7.79. The third-order valence-corrected chi connectivity index (χ3v) is 4.91. The van der Waals surface area contributed by atoms with Crippen molar-refractivity contribution >= 4 is 28.9 Å². The zero-order valence-electron chi connectivity index (χ0n) is 14.5. The van der Waals surface area contributed by atoms with Crippen LogP contribution in [-0.4, -0.2) is 36.9 Å². The first-order valence-electron chi connectivity index (χ1n) is 7.86. The van der Waals surface area contributed by atoms with Gasteiger partial charge in [-0.1, -0.05) is 18.7 Å². The number of nitrogens with zero attached hydrogens (tertiary/aromatic N) is 3. The van der Waals surface area contributed by atoms with Gasteiger partial charge in [0.15, 0.2) is 16.3 Å². The molecule has 2 heterocycles. The molecular formula is C15H22N4O4S. The Bertz CT molecular complexity index is 865. The third-order valence-electron chi connectivity index (χ3n) is 3.60. The zero-order chi connectivity index (χ0) is 18.0. The van der Waals surface area contributed by atoms with E-state index in [4.69, 9.17) is 4.74 Å². The molecule has 0 aliphatic heterocycles. The summed E-state index contributed by atoms with van der Waals surface area (Å²) >= 11 is 1.25. The second-order valence-corrected chi connectivity index (χ2v) is 6.79. The Morgan fingerprint density at radius 3 is 2.54 bits per heavy atom. The lowest BCUT2D eigenvalue weighted by Crippen LogP contribution is -2.29. The number of carbonyl (C=O) groups is 1. The Balaban J connectivity index is 2.62. The van der Waals surface area contributed by atoms with Crippen LogP contribution in [0.5, 0.6) is 0 Å². The lowest BCUT2D eigenvalue weighted by molar-refractivity contribution is -0.142. The van der Waals surface area contributed by atoms with Gasteiger partial charge in [-0.3, -0.25) is 19.1 Å². The summed E-state index contributed by atoms with van der Waals surface area (Å²) in [7, 11) is 1.55. The molecule has 0 aromatic carbocycles. The molecule has 1 N–H and O–H groups in total. The maximum Gasteiger partial charge on any atom is 0.329 e. The van der Waals surface area contributed by atoms with Crippen LogP contribution in [0.3, 0.4) is 0 Å². The number of H-pyrrole nitrogens is 1. The zero-order valence-corrected chi connectivity index (χ0v) is 15.3. The number of imidazole rings is 1. The molecule has 2 aromatic heterocycles. The van der Waals surface area contributed by atoms with E-state index in [0.29, 0.717) is 29.3 Å². The van der Waals surface area contributed by atoms with Gasteiger partial charge in [0.1, 0.15) is 5.25 Å². The van der Waals surface area contributed by atoms with Crippen LogP contribution >= 0.6 is 11.8 Å². The first-order chi connectivity index (χ1) is 11.3. The molecule has 0 saturated carbocycles. The standard InChI is InChI=1S/C15H22N4O4S/c1-6-9(13(21)23-7-2)24-15-16-11-10(19(15)8(3)4)12(20)17-14(22)18(11)5/h8-9H,6-7H2,1-5H3,(H,17,20,22)/t9-/m0/s1. The molecule has 0 bridgehead atoms. The van der Waals surface area contributed by atoms with Gasteiger partial charge in [-0.15, -0.1) is 0 Å². The Morgan fingerprint density at radius 1 is 1.33 bits per heavy atom. The second kappa shape index (κ2) is 7.25. The highest BCUT2D eigenvalue weighted by molar-refractivity contribution is 8.00. The first-order valence-corrected chi connectivity index (χ1v) is 8.74. The number of esters is 1. The van der Waals surface area contributed by atoms with Gasteiger partial charge in [-0.2, -0.15) is 0 Å². The molecule has 0 fully saturated rings. The van der Waals surface area contributed by atoms with Crippen molar-refractivity contribution in [1.29, 1.82) is 0 Å². The van der Waals surface area contributed by atoms with Crippen molar-refractivity contribution in [2.45, 2.75) is 50.6 Å². The summed E-state index contributed by atoms with van der Waals surface area (Å²) in [5.74, 6) is -0.310. The van der Waals surface area contributed by atoms with Crippen LogP contribution in [0.15, 0.2) is 14.7 Å². The van der Waals surface area contributed by atoms with Crippen molar-refractivity contribution in [3.8, 4) is 0 Å². The van der Waals surface area contributed by atoms with Crippen LogP contribution in [0.2, 0.25) is 0 Å². The van der Waals surface area contributed by atoms with E-state index in [2.05, 4.69) is 9.97 Å². The van der Waals surface area contributed by atoms with E-state index in [1.165, 1.54) is 16.3 Å². The normalized spacial score (nSPS) is 12.8. The summed E-state index contributed by atoms with van der Waals surface area (Å²) in [4.78, 5) is 42.8. The topological polar surface area (TPSA) is 99.0 Å². The fourth-order valence-electron chi connectivity index (χ4n) is 2.40. The molecule has 0 aliphatic carbocycles. The van der Waals surface area contributed by atoms with Crippen LogP contribution in [0.4, 0.5) is 0 Å². The number of fused-ring (bicyclic) bond motifs is 1. The van der Waals surface area contributed by atoms with Crippen LogP contribution < -0.4 is 11.2 Å². The number of aryl methyl sites for hydroxylation is 1. The van der Waals surface area contributed by atoms with Gasteiger partial charge in [0.05, 0.1) is 6.61 Å². The number of aromatic amines is 1. The predicted octanol–water partition coefficient (Wildman–Crippen LogP) is 1.44. The molecule has 8 nitrogen and oxygen atoms in total. The molecule has 9 heteroatoms. The number of hydrogen-bond donors (Lipinski definition) is 1. The van der Waals surface area contributed by atoms with Crippen LogP contribution in [-0.2, 0) is 16.6 Å². The minimum Gasteiger partial charge on any atom is -0.465 e. The first kappa shape index (κ1) is 18.3. The van der Waals surface area contributed by atoms with Gasteiger partial charge >= 0.3 is 11.7 Å². The van der Waals surface area contributed by atoms with Crippen molar-refractivity contribution in [3.63, 3.8) is 0 Å². The molecule has 0 spiro atoms. The van der Waals surface area contributed by atoms with E-state index in [9.17, 15) is 14.4 Å². The maximum absolute atomic E-state index is 12.3. The Morgan fingerprint density at radius 2 is 2.00 bits per heavy atom. The third kappa shape index (κ3) is 3.26. The number of aromatic nitrogens is 4. The predicted molar refractivity (Wildman–Crippen MR) is 92.5 cm³/mol. The number of nitrogens with one attached hydrogen (secondary N) is 1. The van der Waals surface area contributed by atoms with Gasteiger partial charge < -0.3 is 9.30 Å². The molecule has 2 rings (SSSR count).